The van der Waals surface area contributed by atoms with E-state index in [9.17, 15) is 17.6 Å². The van der Waals surface area contributed by atoms with Gasteiger partial charge in [0, 0.05) is 11.8 Å². The van der Waals surface area contributed by atoms with Gasteiger partial charge in [0.2, 0.25) is 0 Å². The molecule has 8 heteroatoms. The number of aromatic nitrogens is 2. The number of hydrogen-bond acceptors (Lipinski definition) is 3. The largest absolute Gasteiger partial charge is 0.486 e. The minimum absolute atomic E-state index is 0.215. The van der Waals surface area contributed by atoms with Crippen LogP contribution in [0.15, 0.2) is 73.6 Å². The standard InChI is InChI=1S/C28H23F5N2O/c1-2-13-36-22-16-34-26(35-17-22)12-6-18-4-10-23-21(14-18)9-8-20(27(23)30)7-3-19-5-11-24(25(29)15-19)28(31,32)33/h2,4-5,8-11,14-17H,1,3,6-7,12-13H2. The molecular formula is C28H23F5N2O. The topological polar surface area (TPSA) is 35.0 Å². The van der Waals surface area contributed by atoms with Gasteiger partial charge < -0.3 is 4.74 Å². The fourth-order valence-electron chi connectivity index (χ4n) is 3.92. The lowest BCUT2D eigenvalue weighted by Gasteiger charge is -2.11. The minimum atomic E-state index is -4.75. The van der Waals surface area contributed by atoms with Gasteiger partial charge in [-0.25, -0.2) is 18.7 Å². The molecule has 0 aliphatic rings. The quantitative estimate of drug-likeness (QED) is 0.183. The Hall–Kier alpha value is -3.81. The average Bonchev–Trinajstić information content (AvgIpc) is 2.85. The van der Waals surface area contributed by atoms with Crippen molar-refractivity contribution in [1.29, 1.82) is 0 Å². The summed E-state index contributed by atoms with van der Waals surface area (Å²) in [5, 5.41) is 1.19. The third kappa shape index (κ3) is 6.05. The Morgan fingerprint density at radius 2 is 1.53 bits per heavy atom. The van der Waals surface area contributed by atoms with Gasteiger partial charge in [-0.15, -0.1) is 0 Å². The van der Waals surface area contributed by atoms with E-state index in [2.05, 4.69) is 16.5 Å². The third-order valence-electron chi connectivity index (χ3n) is 5.81. The third-order valence-corrected chi connectivity index (χ3v) is 5.81. The maximum Gasteiger partial charge on any atom is 0.419 e. The molecule has 186 valence electrons. The first-order valence-corrected chi connectivity index (χ1v) is 11.3. The van der Waals surface area contributed by atoms with E-state index in [1.807, 2.05) is 18.2 Å². The van der Waals surface area contributed by atoms with Crippen molar-refractivity contribution in [2.75, 3.05) is 6.61 Å². The maximum atomic E-state index is 15.1. The highest BCUT2D eigenvalue weighted by molar-refractivity contribution is 5.84. The van der Waals surface area contributed by atoms with Crippen molar-refractivity contribution in [3.8, 4) is 5.75 Å². The second-order valence-electron chi connectivity index (χ2n) is 8.34. The molecule has 0 radical (unpaired) electrons. The Morgan fingerprint density at radius 3 is 2.22 bits per heavy atom. The van der Waals surface area contributed by atoms with Gasteiger partial charge in [-0.1, -0.05) is 49.1 Å². The van der Waals surface area contributed by atoms with E-state index in [1.165, 1.54) is 6.07 Å². The van der Waals surface area contributed by atoms with Crippen LogP contribution >= 0.6 is 0 Å². The molecule has 0 bridgehead atoms. The Labute approximate surface area is 205 Å². The van der Waals surface area contributed by atoms with Crippen LogP contribution in [-0.2, 0) is 31.9 Å². The van der Waals surface area contributed by atoms with E-state index in [0.29, 0.717) is 47.5 Å². The predicted molar refractivity (Wildman–Crippen MR) is 128 cm³/mol. The van der Waals surface area contributed by atoms with Crippen molar-refractivity contribution in [3.63, 3.8) is 0 Å². The molecule has 0 spiro atoms. The summed E-state index contributed by atoms with van der Waals surface area (Å²) < 4.78 is 72.5. The summed E-state index contributed by atoms with van der Waals surface area (Å²) in [7, 11) is 0. The van der Waals surface area contributed by atoms with Crippen LogP contribution in [0.4, 0.5) is 22.0 Å². The summed E-state index contributed by atoms with van der Waals surface area (Å²) in [6.45, 7) is 3.97. The molecule has 3 aromatic carbocycles. The van der Waals surface area contributed by atoms with E-state index in [4.69, 9.17) is 4.74 Å². The Bertz CT molecular complexity index is 1370. The Kier molecular flexibility index (Phi) is 7.62. The second kappa shape index (κ2) is 10.8. The summed E-state index contributed by atoms with van der Waals surface area (Å²) in [5.74, 6) is -0.472. The first kappa shape index (κ1) is 25.3. The molecule has 0 aliphatic carbocycles. The number of benzene rings is 3. The molecule has 3 nitrogen and oxygen atoms in total. The number of aryl methyl sites for hydroxylation is 4. The Balaban J connectivity index is 1.41. The fraction of sp³-hybridized carbons (Fsp3) is 0.214. The number of ether oxygens (including phenoxy) is 1. The molecule has 0 atom stereocenters. The van der Waals surface area contributed by atoms with Gasteiger partial charge in [-0.2, -0.15) is 13.2 Å². The van der Waals surface area contributed by atoms with Crippen molar-refractivity contribution in [3.05, 3.63) is 113 Å². The molecule has 4 aromatic rings. The van der Waals surface area contributed by atoms with Gasteiger partial charge in [-0.05, 0) is 53.5 Å². The highest BCUT2D eigenvalue weighted by Gasteiger charge is 2.33. The molecule has 0 saturated heterocycles. The van der Waals surface area contributed by atoms with Crippen molar-refractivity contribution >= 4 is 10.8 Å². The van der Waals surface area contributed by atoms with Crippen molar-refractivity contribution in [2.45, 2.75) is 31.9 Å². The molecule has 1 aromatic heterocycles. The summed E-state index contributed by atoms with van der Waals surface area (Å²) in [4.78, 5) is 8.59. The van der Waals surface area contributed by atoms with Gasteiger partial charge in [0.05, 0.1) is 18.0 Å². The zero-order valence-corrected chi connectivity index (χ0v) is 19.3. The second-order valence-corrected chi connectivity index (χ2v) is 8.34. The first-order valence-electron chi connectivity index (χ1n) is 11.3. The van der Waals surface area contributed by atoms with E-state index in [1.54, 1.807) is 30.6 Å². The number of hydrogen-bond donors (Lipinski definition) is 0. The zero-order valence-electron chi connectivity index (χ0n) is 19.3. The predicted octanol–water partition coefficient (Wildman–Crippen LogP) is 7.06. The normalized spacial score (nSPS) is 11.6. The number of halogens is 5. The molecule has 0 amide bonds. The Morgan fingerprint density at radius 1 is 0.833 bits per heavy atom. The van der Waals surface area contributed by atoms with Crippen LogP contribution in [0.1, 0.15) is 28.1 Å². The van der Waals surface area contributed by atoms with Crippen LogP contribution in [0.3, 0.4) is 0 Å². The van der Waals surface area contributed by atoms with E-state index in [-0.39, 0.29) is 18.7 Å². The molecule has 0 N–H and O–H groups in total. The van der Waals surface area contributed by atoms with E-state index < -0.39 is 17.6 Å². The maximum absolute atomic E-state index is 15.1. The van der Waals surface area contributed by atoms with Gasteiger partial charge in [0.1, 0.15) is 24.1 Å². The van der Waals surface area contributed by atoms with Crippen LogP contribution in [0.5, 0.6) is 5.75 Å². The highest BCUT2D eigenvalue weighted by Crippen LogP contribution is 2.32. The van der Waals surface area contributed by atoms with Crippen LogP contribution < -0.4 is 4.74 Å². The minimum Gasteiger partial charge on any atom is -0.486 e. The van der Waals surface area contributed by atoms with Crippen LogP contribution in [0.25, 0.3) is 10.8 Å². The highest BCUT2D eigenvalue weighted by atomic mass is 19.4. The van der Waals surface area contributed by atoms with Crippen molar-refractivity contribution in [2.24, 2.45) is 0 Å². The zero-order chi connectivity index (χ0) is 25.7. The summed E-state index contributed by atoms with van der Waals surface area (Å²) >= 11 is 0. The molecule has 0 saturated carbocycles. The lowest BCUT2D eigenvalue weighted by molar-refractivity contribution is -0.140. The number of rotatable bonds is 9. The monoisotopic (exact) mass is 498 g/mol. The molecular weight excluding hydrogens is 475 g/mol. The van der Waals surface area contributed by atoms with Gasteiger partial charge in [-0.3, -0.25) is 0 Å². The summed E-state index contributed by atoms with van der Waals surface area (Å²) in [5.41, 5.74) is 0.492. The molecule has 1 heterocycles. The van der Waals surface area contributed by atoms with Crippen molar-refractivity contribution < 1.29 is 26.7 Å². The van der Waals surface area contributed by atoms with Crippen molar-refractivity contribution in [1.82, 2.24) is 9.97 Å². The smallest absolute Gasteiger partial charge is 0.419 e. The number of alkyl halides is 3. The lowest BCUT2D eigenvalue weighted by Crippen LogP contribution is -2.08. The van der Waals surface area contributed by atoms with Gasteiger partial charge in [0.15, 0.2) is 5.75 Å². The molecule has 0 fully saturated rings. The number of nitrogens with zero attached hydrogens (tertiary/aromatic N) is 2. The van der Waals surface area contributed by atoms with Gasteiger partial charge >= 0.3 is 6.18 Å². The summed E-state index contributed by atoms with van der Waals surface area (Å²) in [6.07, 6.45) is 1.85. The fourth-order valence-corrected chi connectivity index (χ4v) is 3.92. The lowest BCUT2D eigenvalue weighted by atomic mass is 9.97. The molecule has 36 heavy (non-hydrogen) atoms. The average molecular weight is 498 g/mol. The number of fused-ring (bicyclic) bond motifs is 1. The first-order chi connectivity index (χ1) is 17.2. The SMILES string of the molecule is C=CCOc1cnc(CCc2ccc3c(F)c(CCc4ccc(C(F)(F)F)c(F)c4)ccc3c2)nc1. The van der Waals surface area contributed by atoms with Gasteiger partial charge in [0.25, 0.3) is 0 Å². The molecule has 0 unspecified atom stereocenters. The summed E-state index contributed by atoms with van der Waals surface area (Å²) in [6, 6.07) is 11.8. The van der Waals surface area contributed by atoms with E-state index in [0.717, 1.165) is 23.1 Å². The van der Waals surface area contributed by atoms with Crippen LogP contribution in [0.2, 0.25) is 0 Å². The van der Waals surface area contributed by atoms with Crippen LogP contribution in [-0.4, -0.2) is 16.6 Å². The molecule has 0 aliphatic heterocycles. The van der Waals surface area contributed by atoms with E-state index >= 15 is 4.39 Å². The molecule has 4 rings (SSSR count). The van der Waals surface area contributed by atoms with Crippen LogP contribution in [0, 0.1) is 11.6 Å².